The van der Waals surface area contributed by atoms with Crippen molar-refractivity contribution in [2.75, 3.05) is 13.2 Å². The molecule has 0 atom stereocenters. The summed E-state index contributed by atoms with van der Waals surface area (Å²) in [6, 6.07) is 9.05. The number of hydrogen-bond acceptors (Lipinski definition) is 2. The quantitative estimate of drug-likeness (QED) is 0.209. The van der Waals surface area contributed by atoms with Crippen LogP contribution in [0.4, 0.5) is 17.6 Å². The molecule has 39 heavy (non-hydrogen) atoms. The molecule has 0 aromatic heterocycles. The second kappa shape index (κ2) is 17.8. The predicted molar refractivity (Wildman–Crippen MR) is 140 cm³/mol. The molecule has 0 fully saturated rings. The molecule has 2 heterocycles. The first-order chi connectivity index (χ1) is 18.5. The molecule has 0 saturated carbocycles. The third-order valence-electron chi connectivity index (χ3n) is 4.96. The normalized spacial score (nSPS) is 15.2. The van der Waals surface area contributed by atoms with Crippen LogP contribution in [0, 0.1) is 47.6 Å². The molecule has 4 aliphatic rings. The number of hydrogen-bond donors (Lipinski definition) is 0. The van der Waals surface area contributed by atoms with Gasteiger partial charge in [0.1, 0.15) is 13.2 Å². The zero-order valence-electron chi connectivity index (χ0n) is 20.9. The van der Waals surface area contributed by atoms with Gasteiger partial charge in [0.05, 0.1) is 12.5 Å². The molecule has 2 nitrogen and oxygen atoms in total. The predicted octanol–water partition coefficient (Wildman–Crippen LogP) is 7.99. The summed E-state index contributed by atoms with van der Waals surface area (Å²) in [5.74, 6) is -2.78. The standard InChI is InChI=1S/2C11H7F2O.2C5H5.Ti/c2*12-9-3-4-10(11(13)6-9)8-2-1-5-14-7-8;2*1-2-4-5-3-1;/h1-4,7H,5H2;1-5H,7H2;2*1-3H,4H2;/q4*-1;+4. The molecule has 2 aromatic rings. The van der Waals surface area contributed by atoms with E-state index < -0.39 is 23.3 Å². The molecular weight excluding hydrogens is 540 g/mol. The first kappa shape index (κ1) is 31.6. The molecule has 0 bridgehead atoms. The molecule has 0 saturated heterocycles. The number of benzene rings is 2. The number of halogens is 4. The van der Waals surface area contributed by atoms with E-state index in [-0.39, 0.29) is 21.7 Å². The molecule has 0 radical (unpaired) electrons. The first-order valence-corrected chi connectivity index (χ1v) is 11.7. The topological polar surface area (TPSA) is 18.5 Å². The van der Waals surface area contributed by atoms with Crippen molar-refractivity contribution >= 4 is 11.1 Å². The number of rotatable bonds is 2. The smallest absolute Gasteiger partial charge is 0.498 e. The minimum absolute atomic E-state index is 0. The van der Waals surface area contributed by atoms with Gasteiger partial charge in [-0.05, 0) is 17.7 Å². The number of allylic oxidation sites excluding steroid dienone is 12. The van der Waals surface area contributed by atoms with Crippen LogP contribution in [-0.2, 0) is 31.2 Å². The summed E-state index contributed by atoms with van der Waals surface area (Å²) in [7, 11) is 0. The summed E-state index contributed by atoms with van der Waals surface area (Å²) in [6.45, 7) is 0.781. The van der Waals surface area contributed by atoms with Crippen LogP contribution in [-0.4, -0.2) is 13.2 Å². The van der Waals surface area contributed by atoms with Crippen LogP contribution in [0.15, 0.2) is 97.5 Å². The van der Waals surface area contributed by atoms with Crippen LogP contribution < -0.4 is 0 Å². The van der Waals surface area contributed by atoms with Gasteiger partial charge in [0.2, 0.25) is 0 Å². The molecule has 2 aromatic carbocycles. The van der Waals surface area contributed by atoms with Crippen molar-refractivity contribution < 1.29 is 48.8 Å². The maximum atomic E-state index is 13.2. The van der Waals surface area contributed by atoms with Gasteiger partial charge in [0.15, 0.2) is 0 Å². The molecule has 7 heteroatoms. The van der Waals surface area contributed by atoms with Crippen molar-refractivity contribution in [3.8, 4) is 0 Å². The van der Waals surface area contributed by atoms with E-state index in [9.17, 15) is 17.6 Å². The Morgan fingerprint density at radius 2 is 1.31 bits per heavy atom. The van der Waals surface area contributed by atoms with Gasteiger partial charge in [-0.2, -0.15) is 24.3 Å². The van der Waals surface area contributed by atoms with Gasteiger partial charge in [-0.25, -0.2) is 41.9 Å². The molecular formula is C32H24F4O2Ti. The summed E-state index contributed by atoms with van der Waals surface area (Å²) in [5, 5.41) is 0. The van der Waals surface area contributed by atoms with Gasteiger partial charge < -0.3 is 9.47 Å². The van der Waals surface area contributed by atoms with E-state index in [1.165, 1.54) is 36.8 Å². The molecule has 0 spiro atoms. The van der Waals surface area contributed by atoms with Gasteiger partial charge in [-0.15, -0.1) is 37.1 Å². The largest absolute Gasteiger partial charge is 4.00 e. The first-order valence-electron chi connectivity index (χ1n) is 11.7. The Hall–Kier alpha value is -3.61. The molecule has 196 valence electrons. The van der Waals surface area contributed by atoms with Crippen molar-refractivity contribution in [1.82, 2.24) is 0 Å². The Morgan fingerprint density at radius 3 is 1.72 bits per heavy atom. The fourth-order valence-corrected chi connectivity index (χ4v) is 3.16. The van der Waals surface area contributed by atoms with Crippen molar-refractivity contribution in [1.29, 1.82) is 0 Å². The van der Waals surface area contributed by atoms with Crippen LogP contribution in [0.5, 0.6) is 0 Å². The van der Waals surface area contributed by atoms with E-state index >= 15 is 0 Å². The molecule has 0 unspecified atom stereocenters. The van der Waals surface area contributed by atoms with E-state index in [4.69, 9.17) is 9.47 Å². The fraction of sp³-hybridized carbons (Fsp3) is 0.125. The molecule has 2 aliphatic carbocycles. The van der Waals surface area contributed by atoms with Crippen LogP contribution in [0.3, 0.4) is 0 Å². The third-order valence-corrected chi connectivity index (χ3v) is 4.96. The monoisotopic (exact) mass is 564 g/mol. The van der Waals surface area contributed by atoms with Crippen molar-refractivity contribution in [3.63, 3.8) is 0 Å². The van der Waals surface area contributed by atoms with Crippen molar-refractivity contribution in [2.24, 2.45) is 0 Å². The zero-order valence-corrected chi connectivity index (χ0v) is 22.5. The van der Waals surface area contributed by atoms with Crippen molar-refractivity contribution in [2.45, 2.75) is 12.8 Å². The second-order valence-electron chi connectivity index (χ2n) is 7.71. The van der Waals surface area contributed by atoms with E-state index in [1.54, 1.807) is 24.3 Å². The van der Waals surface area contributed by atoms with Gasteiger partial charge in [0, 0.05) is 23.3 Å². The van der Waals surface area contributed by atoms with E-state index in [0.717, 1.165) is 12.8 Å². The molecule has 0 N–H and O–H groups in total. The van der Waals surface area contributed by atoms with Crippen LogP contribution in [0.25, 0.3) is 11.1 Å². The van der Waals surface area contributed by atoms with Crippen LogP contribution in [0.2, 0.25) is 0 Å². The average Bonchev–Trinajstić information content (AvgIpc) is 3.70. The summed E-state index contributed by atoms with van der Waals surface area (Å²) in [4.78, 5) is 0. The Labute approximate surface area is 241 Å². The maximum Gasteiger partial charge on any atom is 4.00 e. The Balaban J connectivity index is 0.000000199. The molecule has 0 amide bonds. The summed E-state index contributed by atoms with van der Waals surface area (Å²) in [5.41, 5.74) is 1.89. The van der Waals surface area contributed by atoms with E-state index in [2.05, 4.69) is 24.3 Å². The summed E-state index contributed by atoms with van der Waals surface area (Å²) >= 11 is 0. The molecule has 2 aliphatic heterocycles. The van der Waals surface area contributed by atoms with E-state index in [0.29, 0.717) is 35.5 Å². The van der Waals surface area contributed by atoms with Gasteiger partial charge >= 0.3 is 21.7 Å². The molecule has 6 rings (SSSR count). The fourth-order valence-electron chi connectivity index (χ4n) is 3.16. The van der Waals surface area contributed by atoms with Crippen LogP contribution in [0.1, 0.15) is 24.0 Å². The third kappa shape index (κ3) is 11.3. The minimum Gasteiger partial charge on any atom is -0.498 e. The zero-order chi connectivity index (χ0) is 27.0. The van der Waals surface area contributed by atoms with Gasteiger partial charge in [0.25, 0.3) is 0 Å². The minimum atomic E-state index is -0.702. The van der Waals surface area contributed by atoms with Gasteiger partial charge in [-0.3, -0.25) is 12.2 Å². The van der Waals surface area contributed by atoms with E-state index in [1.807, 2.05) is 36.4 Å². The van der Waals surface area contributed by atoms with Gasteiger partial charge in [-0.1, -0.05) is 28.9 Å². The Bertz CT molecular complexity index is 1280. The Morgan fingerprint density at radius 1 is 0.692 bits per heavy atom. The van der Waals surface area contributed by atoms with Crippen LogP contribution >= 0.6 is 0 Å². The Kier molecular flexibility index (Phi) is 14.4. The second-order valence-corrected chi connectivity index (χ2v) is 7.71. The summed E-state index contributed by atoms with van der Waals surface area (Å²) in [6.07, 6.45) is 29.9. The number of ether oxygens (including phenoxy) is 2. The maximum absolute atomic E-state index is 13.2. The SMILES string of the molecule is Fc1[c-]c(F)c(C2=CC=COC2)cc1.Fc1[c-]c(F)c(C2=COCC=C2)cc1.[C-]1=CC=CC1.[C-]1=CC=CC1.[Ti+4]. The average molecular weight is 564 g/mol. The summed E-state index contributed by atoms with van der Waals surface area (Å²) < 4.78 is 61.5. The van der Waals surface area contributed by atoms with Crippen molar-refractivity contribution in [3.05, 3.63) is 156 Å².